The highest BCUT2D eigenvalue weighted by Crippen LogP contribution is 2.37. The number of carboxylic acid groups (broad SMARTS) is 1. The Morgan fingerprint density at radius 3 is 2.40 bits per heavy atom. The van der Waals surface area contributed by atoms with Crippen molar-refractivity contribution in [1.82, 2.24) is 19.7 Å². The fourth-order valence-electron chi connectivity index (χ4n) is 4.09. The Morgan fingerprint density at radius 1 is 1.23 bits per heavy atom. The number of carbonyl (C=O) groups excluding carboxylic acids is 1. The van der Waals surface area contributed by atoms with Gasteiger partial charge in [0.05, 0.1) is 48.4 Å². The number of nitrogens with one attached hydrogen (secondary N) is 1. The third-order valence-electron chi connectivity index (χ3n) is 7.46. The van der Waals surface area contributed by atoms with Crippen LogP contribution in [0.15, 0.2) is 49.8 Å². The van der Waals surface area contributed by atoms with Gasteiger partial charge in [0.1, 0.15) is 0 Å². The van der Waals surface area contributed by atoms with E-state index in [9.17, 15) is 14.7 Å². The minimum atomic E-state index is -1.97. The zero-order valence-electron chi connectivity index (χ0n) is 25.6. The molecule has 2 atom stereocenters. The van der Waals surface area contributed by atoms with Crippen LogP contribution in [0.3, 0.4) is 0 Å². The second kappa shape index (κ2) is 12.9. The molecule has 0 aliphatic heterocycles. The highest BCUT2D eigenvalue weighted by atomic mass is 28.4. The highest BCUT2D eigenvalue weighted by Gasteiger charge is 2.37. The number of hydrogen-bond acceptors (Lipinski definition) is 5. The Kier molecular flexibility index (Phi) is 10.7. The molecule has 10 heteroatoms. The average Bonchev–Trinajstić information content (AvgIpc) is 3.23. The van der Waals surface area contributed by atoms with E-state index in [2.05, 4.69) is 62.4 Å². The number of amides is 2. The molecule has 2 aromatic rings. The van der Waals surface area contributed by atoms with Crippen molar-refractivity contribution in [2.24, 2.45) is 5.92 Å². The molecule has 0 bridgehead atoms. The first-order chi connectivity index (χ1) is 18.4. The van der Waals surface area contributed by atoms with Gasteiger partial charge in [0, 0.05) is 17.3 Å². The first kappa shape index (κ1) is 33.0. The first-order valence-electron chi connectivity index (χ1n) is 13.7. The monoisotopic (exact) mass is 569 g/mol. The highest BCUT2D eigenvalue weighted by molar-refractivity contribution is 6.74. The van der Waals surface area contributed by atoms with Gasteiger partial charge in [-0.3, -0.25) is 19.4 Å². The van der Waals surface area contributed by atoms with E-state index in [1.165, 1.54) is 4.90 Å². The van der Waals surface area contributed by atoms with Crippen molar-refractivity contribution >= 4 is 26.0 Å². The number of carbonyl (C=O) groups is 2. The molecular weight excluding hydrogens is 522 g/mol. The van der Waals surface area contributed by atoms with Crippen LogP contribution in [0.2, 0.25) is 18.1 Å². The van der Waals surface area contributed by atoms with Crippen LogP contribution in [0.1, 0.15) is 66.6 Å². The smallest absolute Gasteiger partial charge is 0.408 e. The lowest BCUT2D eigenvalue weighted by atomic mass is 9.98. The summed E-state index contributed by atoms with van der Waals surface area (Å²) in [6.45, 7) is 26.9. The maximum atomic E-state index is 12.8. The number of hydrogen-bond donors (Lipinski definition) is 2. The lowest BCUT2D eigenvalue weighted by Gasteiger charge is -2.39. The third-order valence-corrected chi connectivity index (χ3v) is 12.0. The molecule has 2 N–H and O–H groups in total. The largest absolute Gasteiger partial charge is 0.465 e. The van der Waals surface area contributed by atoms with Crippen molar-refractivity contribution in [3.8, 4) is 11.3 Å². The van der Waals surface area contributed by atoms with E-state index >= 15 is 0 Å². The van der Waals surface area contributed by atoms with Crippen molar-refractivity contribution in [2.75, 3.05) is 11.9 Å². The number of pyridine rings is 1. The molecule has 2 aromatic heterocycles. The van der Waals surface area contributed by atoms with Crippen LogP contribution in [0.25, 0.3) is 11.3 Å². The fraction of sp³-hybridized carbons (Fsp3) is 0.533. The molecular formula is C30H47N5O4Si. The van der Waals surface area contributed by atoms with Gasteiger partial charge in [0.25, 0.3) is 0 Å². The zero-order valence-corrected chi connectivity index (χ0v) is 26.6. The van der Waals surface area contributed by atoms with Crippen LogP contribution in [0.4, 0.5) is 10.5 Å². The Labute approximate surface area is 240 Å². The molecule has 0 fully saturated rings. The van der Waals surface area contributed by atoms with E-state index in [1.807, 2.05) is 37.6 Å². The van der Waals surface area contributed by atoms with E-state index in [0.29, 0.717) is 36.6 Å². The van der Waals surface area contributed by atoms with Gasteiger partial charge in [-0.25, -0.2) is 4.79 Å². The standard InChI is InChI=1S/C30H47N5O4Si/c1-12-14-25(35(28(37)38)29(4,5)6)23-19-22(15-16-31-23)26-24(33-27(36)21(3)13-2)20-32-34(26)17-18-39-40(10,11)30(7,8)9/h12-13,15-16,19-21,25H,1-2,14,17-18H2,3-11H3,(H,33,36)(H,37,38)/t21-,25+/m1/s1. The van der Waals surface area contributed by atoms with Gasteiger partial charge in [-0.05, 0) is 57.5 Å². The van der Waals surface area contributed by atoms with Crippen molar-refractivity contribution in [3.63, 3.8) is 0 Å². The molecule has 0 aliphatic rings. The second-order valence-electron chi connectivity index (χ2n) is 12.6. The third kappa shape index (κ3) is 7.91. The van der Waals surface area contributed by atoms with Gasteiger partial charge in [0.2, 0.25) is 5.91 Å². The summed E-state index contributed by atoms with van der Waals surface area (Å²) in [7, 11) is -1.97. The van der Waals surface area contributed by atoms with Crippen LogP contribution in [0, 0.1) is 5.92 Å². The van der Waals surface area contributed by atoms with Gasteiger partial charge < -0.3 is 14.8 Å². The molecule has 0 spiro atoms. The summed E-state index contributed by atoms with van der Waals surface area (Å²) < 4.78 is 8.23. The lowest BCUT2D eigenvalue weighted by molar-refractivity contribution is -0.118. The number of aromatic nitrogens is 3. The lowest BCUT2D eigenvalue weighted by Crippen LogP contribution is -2.47. The van der Waals surface area contributed by atoms with E-state index in [0.717, 1.165) is 5.56 Å². The van der Waals surface area contributed by atoms with Crippen molar-refractivity contribution in [2.45, 2.75) is 91.1 Å². The number of anilines is 1. The molecule has 2 rings (SSSR count). The normalized spacial score (nSPS) is 13.8. The molecule has 2 amide bonds. The van der Waals surface area contributed by atoms with Crippen LogP contribution >= 0.6 is 0 Å². The van der Waals surface area contributed by atoms with E-state index in [1.54, 1.807) is 31.5 Å². The van der Waals surface area contributed by atoms with Crippen molar-refractivity contribution in [1.29, 1.82) is 0 Å². The Morgan fingerprint density at radius 2 is 1.88 bits per heavy atom. The predicted octanol–water partition coefficient (Wildman–Crippen LogP) is 7.12. The summed E-state index contributed by atoms with van der Waals surface area (Å²) in [6.07, 6.45) is 5.93. The Hall–Kier alpha value is -3.24. The summed E-state index contributed by atoms with van der Waals surface area (Å²) in [5.41, 5.74) is 1.91. The molecule has 40 heavy (non-hydrogen) atoms. The Balaban J connectivity index is 2.59. The van der Waals surface area contributed by atoms with Crippen LogP contribution < -0.4 is 5.32 Å². The van der Waals surface area contributed by atoms with Gasteiger partial charge in [0.15, 0.2) is 8.32 Å². The molecule has 0 saturated carbocycles. The molecule has 220 valence electrons. The first-order valence-corrected chi connectivity index (χ1v) is 16.6. The minimum Gasteiger partial charge on any atom is -0.465 e. The summed E-state index contributed by atoms with van der Waals surface area (Å²) >= 11 is 0. The second-order valence-corrected chi connectivity index (χ2v) is 17.4. The van der Waals surface area contributed by atoms with Crippen molar-refractivity contribution in [3.05, 3.63) is 55.5 Å². The molecule has 0 saturated heterocycles. The zero-order chi connectivity index (χ0) is 30.5. The van der Waals surface area contributed by atoms with Gasteiger partial charge in [-0.15, -0.1) is 13.2 Å². The maximum absolute atomic E-state index is 12.8. The molecule has 0 aliphatic carbocycles. The SMILES string of the molecule is C=CC[C@@H](c1cc(-c2c(NC(=O)[C@H](C)C=C)cnn2CCO[Si](C)(C)C(C)(C)C)ccn1)N(C(=O)O)C(C)(C)C. The van der Waals surface area contributed by atoms with E-state index in [4.69, 9.17) is 4.43 Å². The van der Waals surface area contributed by atoms with Crippen LogP contribution in [-0.2, 0) is 15.8 Å². The quantitative estimate of drug-likeness (QED) is 0.208. The summed E-state index contributed by atoms with van der Waals surface area (Å²) in [5.74, 6) is -0.587. The summed E-state index contributed by atoms with van der Waals surface area (Å²) in [4.78, 5) is 31.1. The summed E-state index contributed by atoms with van der Waals surface area (Å²) in [6, 6.07) is 3.16. The minimum absolute atomic E-state index is 0.0726. The molecule has 9 nitrogen and oxygen atoms in total. The predicted molar refractivity (Wildman–Crippen MR) is 164 cm³/mol. The van der Waals surface area contributed by atoms with Gasteiger partial charge in [-0.1, -0.05) is 39.8 Å². The Bertz CT molecular complexity index is 1210. The topological polar surface area (TPSA) is 110 Å². The molecule has 0 aromatic carbocycles. The number of rotatable bonds is 12. The maximum Gasteiger partial charge on any atom is 0.408 e. The summed E-state index contributed by atoms with van der Waals surface area (Å²) in [5, 5.41) is 17.7. The fourth-order valence-corrected chi connectivity index (χ4v) is 5.12. The van der Waals surface area contributed by atoms with Gasteiger partial charge >= 0.3 is 6.09 Å². The van der Waals surface area contributed by atoms with Crippen LogP contribution in [0.5, 0.6) is 0 Å². The van der Waals surface area contributed by atoms with Crippen LogP contribution in [-0.4, -0.2) is 57.2 Å². The van der Waals surface area contributed by atoms with E-state index < -0.39 is 26.0 Å². The number of nitrogens with zero attached hydrogens (tertiary/aromatic N) is 4. The molecule has 0 unspecified atom stereocenters. The average molecular weight is 570 g/mol. The van der Waals surface area contributed by atoms with Gasteiger partial charge in [-0.2, -0.15) is 5.10 Å². The molecule has 0 radical (unpaired) electrons. The molecule has 2 heterocycles. The van der Waals surface area contributed by atoms with E-state index in [-0.39, 0.29) is 16.9 Å². The van der Waals surface area contributed by atoms with Crippen molar-refractivity contribution < 1.29 is 19.1 Å².